The Labute approximate surface area is 115 Å². The number of nitrogens with one attached hydrogen (secondary N) is 1. The van der Waals surface area contributed by atoms with E-state index in [1.54, 1.807) is 12.4 Å². The summed E-state index contributed by atoms with van der Waals surface area (Å²) in [4.78, 5) is 9.93. The molecule has 0 saturated carbocycles. The molecule has 20 heavy (non-hydrogen) atoms. The van der Waals surface area contributed by atoms with Crippen LogP contribution in [0.5, 0.6) is 0 Å². The van der Waals surface area contributed by atoms with E-state index in [4.69, 9.17) is 0 Å². The molecule has 0 saturated heterocycles. The lowest BCUT2D eigenvalue weighted by atomic mass is 10.2. The molecule has 0 aliphatic rings. The van der Waals surface area contributed by atoms with Crippen molar-refractivity contribution in [2.24, 2.45) is 0 Å². The predicted octanol–water partition coefficient (Wildman–Crippen LogP) is 0.839. The van der Waals surface area contributed by atoms with Gasteiger partial charge in [-0.3, -0.25) is 4.98 Å². The number of rotatable bonds is 4. The second-order valence-electron chi connectivity index (χ2n) is 4.17. The van der Waals surface area contributed by atoms with Crippen LogP contribution in [0.2, 0.25) is 0 Å². The smallest absolute Gasteiger partial charge is 0.205 e. The van der Waals surface area contributed by atoms with Crippen molar-refractivity contribution >= 4 is 0 Å². The molecule has 0 atom stereocenters. The first-order chi connectivity index (χ1) is 9.86. The van der Waals surface area contributed by atoms with Crippen LogP contribution in [0.4, 0.5) is 0 Å². The zero-order valence-corrected chi connectivity index (χ0v) is 10.9. The monoisotopic (exact) mass is 267 g/mol. The molecule has 0 radical (unpaired) electrons. The highest BCUT2D eigenvalue weighted by molar-refractivity contribution is 5.53. The van der Waals surface area contributed by atoms with Gasteiger partial charge in [0.15, 0.2) is 5.82 Å². The third-order valence-electron chi connectivity index (χ3n) is 2.68. The van der Waals surface area contributed by atoms with Gasteiger partial charge in [-0.2, -0.15) is 0 Å². The highest BCUT2D eigenvalue weighted by Gasteiger charge is 2.08. The fourth-order valence-electron chi connectivity index (χ4n) is 1.77. The van der Waals surface area contributed by atoms with Crippen LogP contribution in [-0.2, 0) is 6.54 Å². The van der Waals surface area contributed by atoms with Crippen LogP contribution in [0.15, 0.2) is 42.7 Å². The molecule has 0 spiro atoms. The zero-order chi connectivity index (χ0) is 13.8. The van der Waals surface area contributed by atoms with Gasteiger partial charge in [0.25, 0.3) is 0 Å². The third-order valence-corrected chi connectivity index (χ3v) is 2.68. The second kappa shape index (κ2) is 5.54. The van der Waals surface area contributed by atoms with Gasteiger partial charge >= 0.3 is 0 Å². The van der Waals surface area contributed by atoms with Gasteiger partial charge < -0.3 is 5.32 Å². The second-order valence-corrected chi connectivity index (χ2v) is 4.17. The molecule has 0 bridgehead atoms. The molecule has 0 fully saturated rings. The lowest BCUT2D eigenvalue weighted by Gasteiger charge is -2.01. The van der Waals surface area contributed by atoms with Crippen molar-refractivity contribution in [3.63, 3.8) is 0 Å². The van der Waals surface area contributed by atoms with Gasteiger partial charge in [0.1, 0.15) is 0 Å². The molecule has 7 nitrogen and oxygen atoms in total. The zero-order valence-electron chi connectivity index (χ0n) is 10.9. The summed E-state index contributed by atoms with van der Waals surface area (Å²) in [5.74, 6) is 1.11. The Morgan fingerprint density at radius 2 is 2.00 bits per heavy atom. The Kier molecular flexibility index (Phi) is 3.42. The molecule has 7 heteroatoms. The van der Waals surface area contributed by atoms with Crippen molar-refractivity contribution in [1.82, 2.24) is 35.5 Å². The van der Waals surface area contributed by atoms with E-state index in [9.17, 15) is 0 Å². The van der Waals surface area contributed by atoms with E-state index in [1.165, 1.54) is 4.80 Å². The minimum atomic E-state index is 0.549. The molecular formula is C13H13N7. The fraction of sp³-hybridized carbons (Fsp3) is 0.154. The Balaban J connectivity index is 1.92. The first kappa shape index (κ1) is 12.4. The summed E-state index contributed by atoms with van der Waals surface area (Å²) in [5, 5.41) is 15.4. The van der Waals surface area contributed by atoms with E-state index in [2.05, 4.69) is 30.7 Å². The molecule has 100 valence electrons. The quantitative estimate of drug-likeness (QED) is 0.754. The largest absolute Gasteiger partial charge is 0.314 e. The van der Waals surface area contributed by atoms with Crippen LogP contribution >= 0.6 is 0 Å². The Morgan fingerprint density at radius 3 is 2.80 bits per heavy atom. The summed E-state index contributed by atoms with van der Waals surface area (Å²) in [6.45, 7) is 0.640. The molecule has 1 N–H and O–H groups in total. The van der Waals surface area contributed by atoms with Crippen LogP contribution in [0.1, 0.15) is 5.69 Å². The standard InChI is InChI=1S/C13H13N7/c1-14-7-11-8-15-9-12(16-11)20-18-13(17-19-20)10-5-3-2-4-6-10/h2-6,8-9,14H,7H2,1H3. The molecule has 2 aromatic heterocycles. The van der Waals surface area contributed by atoms with Crippen LogP contribution in [0, 0.1) is 0 Å². The van der Waals surface area contributed by atoms with E-state index in [-0.39, 0.29) is 0 Å². The average Bonchev–Trinajstić information content (AvgIpc) is 2.99. The van der Waals surface area contributed by atoms with Gasteiger partial charge in [-0.25, -0.2) is 4.98 Å². The summed E-state index contributed by atoms with van der Waals surface area (Å²) in [5.41, 5.74) is 1.74. The summed E-state index contributed by atoms with van der Waals surface area (Å²) in [7, 11) is 1.86. The number of nitrogens with zero attached hydrogens (tertiary/aromatic N) is 6. The molecule has 0 aliphatic carbocycles. The van der Waals surface area contributed by atoms with Gasteiger partial charge in [0.2, 0.25) is 5.82 Å². The van der Waals surface area contributed by atoms with Crippen molar-refractivity contribution in [2.45, 2.75) is 6.54 Å². The summed E-state index contributed by atoms with van der Waals surface area (Å²) in [6.07, 6.45) is 3.31. The lowest BCUT2D eigenvalue weighted by molar-refractivity contribution is 0.683. The molecule has 1 aromatic carbocycles. The molecule has 3 rings (SSSR count). The van der Waals surface area contributed by atoms with Gasteiger partial charge in [-0.15, -0.1) is 15.0 Å². The Hall–Kier alpha value is -2.67. The maximum absolute atomic E-state index is 4.41. The number of benzene rings is 1. The number of hydrogen-bond acceptors (Lipinski definition) is 6. The molecule has 0 amide bonds. The number of hydrogen-bond donors (Lipinski definition) is 1. The van der Waals surface area contributed by atoms with E-state index in [1.807, 2.05) is 37.4 Å². The minimum absolute atomic E-state index is 0.549. The normalized spacial score (nSPS) is 10.7. The minimum Gasteiger partial charge on any atom is -0.314 e. The van der Waals surface area contributed by atoms with Crippen molar-refractivity contribution in [2.75, 3.05) is 7.05 Å². The van der Waals surface area contributed by atoms with Gasteiger partial charge in [0, 0.05) is 18.3 Å². The molecule has 3 aromatic rings. The Morgan fingerprint density at radius 1 is 1.15 bits per heavy atom. The Bertz CT molecular complexity index is 693. The van der Waals surface area contributed by atoms with E-state index in [0.717, 1.165) is 11.3 Å². The highest BCUT2D eigenvalue weighted by atomic mass is 15.6. The highest BCUT2D eigenvalue weighted by Crippen LogP contribution is 2.12. The van der Waals surface area contributed by atoms with Crippen LogP contribution in [-0.4, -0.2) is 37.2 Å². The molecule has 0 unspecified atom stereocenters. The molecule has 2 heterocycles. The van der Waals surface area contributed by atoms with E-state index >= 15 is 0 Å². The molecule has 0 aliphatic heterocycles. The van der Waals surface area contributed by atoms with Crippen molar-refractivity contribution in [3.8, 4) is 17.2 Å². The van der Waals surface area contributed by atoms with Crippen LogP contribution in [0.25, 0.3) is 17.2 Å². The lowest BCUT2D eigenvalue weighted by Crippen LogP contribution is -2.10. The van der Waals surface area contributed by atoms with Gasteiger partial charge in [-0.1, -0.05) is 30.3 Å². The summed E-state index contributed by atoms with van der Waals surface area (Å²) < 4.78 is 0. The number of tetrazole rings is 1. The maximum atomic E-state index is 4.41. The van der Waals surface area contributed by atoms with Gasteiger partial charge in [0.05, 0.1) is 11.9 Å². The summed E-state index contributed by atoms with van der Waals surface area (Å²) >= 11 is 0. The van der Waals surface area contributed by atoms with Crippen molar-refractivity contribution < 1.29 is 0 Å². The first-order valence-electron chi connectivity index (χ1n) is 6.18. The predicted molar refractivity (Wildman–Crippen MR) is 72.9 cm³/mol. The van der Waals surface area contributed by atoms with Crippen LogP contribution < -0.4 is 5.32 Å². The van der Waals surface area contributed by atoms with E-state index in [0.29, 0.717) is 18.2 Å². The fourth-order valence-corrected chi connectivity index (χ4v) is 1.77. The van der Waals surface area contributed by atoms with Crippen molar-refractivity contribution in [1.29, 1.82) is 0 Å². The number of aromatic nitrogens is 6. The first-order valence-corrected chi connectivity index (χ1v) is 6.18. The maximum Gasteiger partial charge on any atom is 0.205 e. The average molecular weight is 267 g/mol. The van der Waals surface area contributed by atoms with E-state index < -0.39 is 0 Å². The molecular weight excluding hydrogens is 254 g/mol. The van der Waals surface area contributed by atoms with Crippen LogP contribution in [0.3, 0.4) is 0 Å². The summed E-state index contributed by atoms with van der Waals surface area (Å²) in [6, 6.07) is 9.68. The van der Waals surface area contributed by atoms with Gasteiger partial charge in [-0.05, 0) is 12.3 Å². The van der Waals surface area contributed by atoms with Crippen molar-refractivity contribution in [3.05, 3.63) is 48.4 Å². The third kappa shape index (κ3) is 2.52. The SMILES string of the molecule is CNCc1cncc(-n2nnc(-c3ccccc3)n2)n1. The topological polar surface area (TPSA) is 81.4 Å².